The van der Waals surface area contributed by atoms with E-state index >= 15 is 4.39 Å². The molecule has 2 heterocycles. The summed E-state index contributed by atoms with van der Waals surface area (Å²) < 4.78 is 28.3. The lowest BCUT2D eigenvalue weighted by atomic mass is 9.77. The van der Waals surface area contributed by atoms with Gasteiger partial charge in [0.2, 0.25) is 11.8 Å². The van der Waals surface area contributed by atoms with Crippen LogP contribution in [0.5, 0.6) is 0 Å². The van der Waals surface area contributed by atoms with E-state index in [9.17, 15) is 9.59 Å². The Morgan fingerprint density at radius 3 is 2.85 bits per heavy atom. The van der Waals surface area contributed by atoms with Crippen molar-refractivity contribution >= 4 is 17.4 Å². The zero-order chi connectivity index (χ0) is 23.5. The number of hydrogen-bond acceptors (Lipinski definition) is 5. The number of aliphatic carboxylic acids is 1. The predicted molar refractivity (Wildman–Crippen MR) is 121 cm³/mol. The van der Waals surface area contributed by atoms with Crippen molar-refractivity contribution in [3.05, 3.63) is 54.1 Å². The second kappa shape index (κ2) is 9.75. The highest BCUT2D eigenvalue weighted by Gasteiger charge is 2.53. The predicted octanol–water partition coefficient (Wildman–Crippen LogP) is 2.83. The third-order valence-electron chi connectivity index (χ3n) is 6.68. The summed E-state index contributed by atoms with van der Waals surface area (Å²) in [4.78, 5) is 23.0. The fourth-order valence-corrected chi connectivity index (χ4v) is 5.26. The van der Waals surface area contributed by atoms with E-state index in [1.165, 1.54) is 0 Å². The van der Waals surface area contributed by atoms with Crippen LogP contribution in [0.1, 0.15) is 38.2 Å². The molecule has 0 saturated carbocycles. The molecule has 1 aromatic rings. The topological polar surface area (TPSA) is 96.9 Å². The fraction of sp³-hybridized carbons (Fsp3) is 0.520. The molecule has 1 aromatic carbocycles. The van der Waals surface area contributed by atoms with Crippen LogP contribution in [0.15, 0.2) is 48.6 Å². The van der Waals surface area contributed by atoms with Crippen LogP contribution in [0, 0.1) is 5.92 Å². The molecule has 3 aliphatic rings. The maximum absolute atomic E-state index is 16.9. The number of carbonyl (C=O) groups is 2. The van der Waals surface area contributed by atoms with E-state index in [4.69, 9.17) is 14.6 Å². The molecular formula is C25H31FN2O5. The first-order chi connectivity index (χ1) is 15.8. The maximum atomic E-state index is 16.9. The molecule has 4 rings (SSSR count). The number of ether oxygens (including phenoxy) is 2. The Bertz CT molecular complexity index is 936. The third kappa shape index (κ3) is 5.03. The molecule has 3 N–H and O–H groups in total. The molecule has 4 unspecified atom stereocenters. The van der Waals surface area contributed by atoms with E-state index in [-0.39, 0.29) is 44.0 Å². The quantitative estimate of drug-likeness (QED) is 0.519. The number of benzene rings is 1. The third-order valence-corrected chi connectivity index (χ3v) is 6.68. The zero-order valence-electron chi connectivity index (χ0n) is 18.8. The van der Waals surface area contributed by atoms with E-state index in [2.05, 4.69) is 10.6 Å². The SMILES string of the molecule is C[C@@H]1CC2(COCC(=O)N2)C(CC2C=CC=C(c3ccccc3)C2(F)OCCCC(=O)O)N1. The van der Waals surface area contributed by atoms with E-state index < -0.39 is 23.3 Å². The van der Waals surface area contributed by atoms with Crippen molar-refractivity contribution in [2.24, 2.45) is 5.92 Å². The number of morpholine rings is 1. The Morgan fingerprint density at radius 1 is 1.33 bits per heavy atom. The minimum Gasteiger partial charge on any atom is -0.481 e. The molecule has 178 valence electrons. The molecule has 0 radical (unpaired) electrons. The number of halogens is 1. The van der Waals surface area contributed by atoms with Gasteiger partial charge < -0.3 is 25.2 Å². The summed E-state index contributed by atoms with van der Waals surface area (Å²) in [5, 5.41) is 15.6. The van der Waals surface area contributed by atoms with Crippen LogP contribution >= 0.6 is 0 Å². The molecule has 1 spiro atoms. The van der Waals surface area contributed by atoms with Crippen LogP contribution < -0.4 is 10.6 Å². The van der Waals surface area contributed by atoms with Crippen LogP contribution in [0.2, 0.25) is 0 Å². The second-order valence-corrected chi connectivity index (χ2v) is 9.19. The average molecular weight is 459 g/mol. The summed E-state index contributed by atoms with van der Waals surface area (Å²) in [6.07, 6.45) is 6.56. The highest BCUT2D eigenvalue weighted by atomic mass is 19.2. The lowest BCUT2D eigenvalue weighted by Gasteiger charge is -2.43. The van der Waals surface area contributed by atoms with Gasteiger partial charge in [-0.05, 0) is 31.7 Å². The normalized spacial score (nSPS) is 33.7. The van der Waals surface area contributed by atoms with Gasteiger partial charge in [-0.3, -0.25) is 9.59 Å². The number of carbonyl (C=O) groups excluding carboxylic acids is 1. The average Bonchev–Trinajstić information content (AvgIpc) is 3.06. The van der Waals surface area contributed by atoms with Gasteiger partial charge in [-0.25, -0.2) is 4.39 Å². The number of rotatable bonds is 8. The van der Waals surface area contributed by atoms with Crippen molar-refractivity contribution in [3.63, 3.8) is 0 Å². The fourth-order valence-electron chi connectivity index (χ4n) is 5.26. The number of hydrogen-bond donors (Lipinski definition) is 3. The molecule has 5 atom stereocenters. The van der Waals surface area contributed by atoms with Crippen LogP contribution in [-0.4, -0.2) is 60.3 Å². The van der Waals surface area contributed by atoms with Gasteiger partial charge in [-0.1, -0.05) is 48.6 Å². The molecule has 2 aliphatic heterocycles. The van der Waals surface area contributed by atoms with Gasteiger partial charge in [0.1, 0.15) is 6.61 Å². The summed E-state index contributed by atoms with van der Waals surface area (Å²) in [6.45, 7) is 2.43. The number of carboxylic acid groups (broad SMARTS) is 1. The lowest BCUT2D eigenvalue weighted by Crippen LogP contribution is -2.63. The highest BCUT2D eigenvalue weighted by Crippen LogP contribution is 2.45. The van der Waals surface area contributed by atoms with Crippen molar-refractivity contribution in [2.75, 3.05) is 19.8 Å². The first-order valence-corrected chi connectivity index (χ1v) is 11.5. The van der Waals surface area contributed by atoms with Gasteiger partial charge in [0.05, 0.1) is 18.8 Å². The van der Waals surface area contributed by atoms with Crippen molar-refractivity contribution in [2.45, 2.75) is 56.1 Å². The van der Waals surface area contributed by atoms with E-state index in [1.54, 1.807) is 12.2 Å². The largest absolute Gasteiger partial charge is 0.481 e. The number of alkyl halides is 1. The van der Waals surface area contributed by atoms with Crippen LogP contribution in [0.25, 0.3) is 5.57 Å². The number of nitrogens with one attached hydrogen (secondary N) is 2. The standard InChI is InChI=1S/C25H31FN2O5/c1-17-14-24(16-32-15-22(29)28-24)21(27-17)13-19-9-5-10-20(18-7-3-2-4-8-18)25(19,26)33-12-6-11-23(30)31/h2-5,7-10,17,19,21,27H,6,11-16H2,1H3,(H,28,29)(H,30,31)/t17-,19?,21?,24?,25?/m1/s1. The summed E-state index contributed by atoms with van der Waals surface area (Å²) in [5.41, 5.74) is 0.528. The molecule has 8 heteroatoms. The smallest absolute Gasteiger partial charge is 0.303 e. The Labute approximate surface area is 193 Å². The first-order valence-electron chi connectivity index (χ1n) is 11.5. The summed E-state index contributed by atoms with van der Waals surface area (Å²) >= 11 is 0. The van der Waals surface area contributed by atoms with Gasteiger partial charge in [-0.15, -0.1) is 0 Å². The van der Waals surface area contributed by atoms with E-state index in [0.717, 1.165) is 0 Å². The Kier molecular flexibility index (Phi) is 6.97. The Morgan fingerprint density at radius 2 is 2.12 bits per heavy atom. The molecule has 33 heavy (non-hydrogen) atoms. The summed E-state index contributed by atoms with van der Waals surface area (Å²) in [5.74, 6) is -3.88. The van der Waals surface area contributed by atoms with E-state index in [1.807, 2.05) is 43.3 Å². The van der Waals surface area contributed by atoms with Crippen molar-refractivity contribution in [3.8, 4) is 0 Å². The Balaban J connectivity index is 1.59. The summed E-state index contributed by atoms with van der Waals surface area (Å²) in [6, 6.07) is 9.16. The molecular weight excluding hydrogens is 427 g/mol. The van der Waals surface area contributed by atoms with Crippen molar-refractivity contribution in [1.29, 1.82) is 0 Å². The molecule has 0 aromatic heterocycles. The zero-order valence-corrected chi connectivity index (χ0v) is 18.8. The van der Waals surface area contributed by atoms with E-state index in [0.29, 0.717) is 30.6 Å². The van der Waals surface area contributed by atoms with Crippen LogP contribution in [0.4, 0.5) is 4.39 Å². The Hall–Kier alpha value is -2.55. The molecule has 0 bridgehead atoms. The van der Waals surface area contributed by atoms with Crippen molar-refractivity contribution < 1.29 is 28.6 Å². The highest BCUT2D eigenvalue weighted by molar-refractivity contribution is 5.79. The molecule has 1 amide bonds. The van der Waals surface area contributed by atoms with Gasteiger partial charge in [-0.2, -0.15) is 0 Å². The minimum atomic E-state index is -2.14. The first kappa shape index (κ1) is 23.6. The number of carboxylic acids is 1. The summed E-state index contributed by atoms with van der Waals surface area (Å²) in [7, 11) is 0. The van der Waals surface area contributed by atoms with Gasteiger partial charge in [0.15, 0.2) is 0 Å². The maximum Gasteiger partial charge on any atom is 0.303 e. The molecule has 2 saturated heterocycles. The lowest BCUT2D eigenvalue weighted by molar-refractivity contribution is -0.144. The monoisotopic (exact) mass is 458 g/mol. The van der Waals surface area contributed by atoms with Crippen LogP contribution in [0.3, 0.4) is 0 Å². The number of amides is 1. The second-order valence-electron chi connectivity index (χ2n) is 9.19. The molecule has 1 aliphatic carbocycles. The van der Waals surface area contributed by atoms with Gasteiger partial charge in [0, 0.05) is 30.0 Å². The van der Waals surface area contributed by atoms with Crippen LogP contribution in [-0.2, 0) is 19.1 Å². The minimum absolute atomic E-state index is 0.0171. The molecule has 7 nitrogen and oxygen atoms in total. The number of allylic oxidation sites excluding steroid dienone is 2. The molecule has 2 fully saturated rings. The van der Waals surface area contributed by atoms with Gasteiger partial charge >= 0.3 is 5.97 Å². The van der Waals surface area contributed by atoms with Gasteiger partial charge in [0.25, 0.3) is 0 Å². The van der Waals surface area contributed by atoms with Crippen molar-refractivity contribution in [1.82, 2.24) is 10.6 Å².